The standard InChI is InChI=1S/C15H21NO4S/c1-11-5-4-8-16(10-11)21(18,19)13-7-6-12(2)14(9-13)15(17)20-3/h6-7,9,11H,4-5,8,10H2,1-3H3/t11-/m1/s1. The molecule has 5 nitrogen and oxygen atoms in total. The first-order valence-electron chi connectivity index (χ1n) is 7.05. The van der Waals surface area contributed by atoms with Gasteiger partial charge < -0.3 is 4.74 Å². The first-order valence-corrected chi connectivity index (χ1v) is 8.49. The third-order valence-electron chi connectivity index (χ3n) is 3.87. The molecule has 1 atom stereocenters. The van der Waals surface area contributed by atoms with Crippen LogP contribution in [0.1, 0.15) is 35.7 Å². The highest BCUT2D eigenvalue weighted by Crippen LogP contribution is 2.25. The predicted octanol–water partition coefficient (Wildman–Crippen LogP) is 2.20. The number of hydrogen-bond acceptors (Lipinski definition) is 4. The van der Waals surface area contributed by atoms with Crippen molar-refractivity contribution in [1.29, 1.82) is 0 Å². The molecule has 0 unspecified atom stereocenters. The average Bonchev–Trinajstić information content (AvgIpc) is 2.46. The molecular formula is C15H21NO4S. The molecule has 1 aromatic carbocycles. The second kappa shape index (κ2) is 6.15. The van der Waals surface area contributed by atoms with Crippen molar-refractivity contribution >= 4 is 16.0 Å². The maximum absolute atomic E-state index is 12.7. The molecule has 1 aromatic rings. The third kappa shape index (κ3) is 3.27. The Morgan fingerprint density at radius 3 is 2.71 bits per heavy atom. The van der Waals surface area contributed by atoms with Crippen molar-refractivity contribution in [1.82, 2.24) is 4.31 Å². The Bertz CT molecular complexity index is 639. The number of nitrogens with zero attached hydrogens (tertiary/aromatic N) is 1. The van der Waals surface area contributed by atoms with E-state index in [9.17, 15) is 13.2 Å². The maximum atomic E-state index is 12.7. The van der Waals surface area contributed by atoms with E-state index in [-0.39, 0.29) is 4.90 Å². The Balaban J connectivity index is 2.38. The number of hydrogen-bond donors (Lipinski definition) is 0. The van der Waals surface area contributed by atoms with Gasteiger partial charge in [-0.15, -0.1) is 0 Å². The van der Waals surface area contributed by atoms with Gasteiger partial charge in [-0.3, -0.25) is 0 Å². The quantitative estimate of drug-likeness (QED) is 0.803. The molecule has 1 aliphatic heterocycles. The van der Waals surface area contributed by atoms with Crippen molar-refractivity contribution < 1.29 is 17.9 Å². The smallest absolute Gasteiger partial charge is 0.338 e. The van der Waals surface area contributed by atoms with Gasteiger partial charge in [-0.25, -0.2) is 13.2 Å². The minimum Gasteiger partial charge on any atom is -0.465 e. The van der Waals surface area contributed by atoms with Gasteiger partial charge in [0.05, 0.1) is 17.6 Å². The van der Waals surface area contributed by atoms with E-state index < -0.39 is 16.0 Å². The number of methoxy groups -OCH3 is 1. The number of carbonyl (C=O) groups excluding carboxylic acids is 1. The lowest BCUT2D eigenvalue weighted by molar-refractivity contribution is 0.0599. The molecule has 21 heavy (non-hydrogen) atoms. The molecule has 1 heterocycles. The number of esters is 1. The van der Waals surface area contributed by atoms with Crippen molar-refractivity contribution in [3.05, 3.63) is 29.3 Å². The molecule has 0 spiro atoms. The van der Waals surface area contributed by atoms with Crippen molar-refractivity contribution in [2.45, 2.75) is 31.6 Å². The molecule has 1 fully saturated rings. The summed E-state index contributed by atoms with van der Waals surface area (Å²) >= 11 is 0. The summed E-state index contributed by atoms with van der Waals surface area (Å²) in [6.45, 7) is 4.88. The van der Waals surface area contributed by atoms with Crippen LogP contribution in [0.2, 0.25) is 0 Å². The van der Waals surface area contributed by atoms with Gasteiger partial charge in [0.2, 0.25) is 10.0 Å². The monoisotopic (exact) mass is 311 g/mol. The van der Waals surface area contributed by atoms with Crippen LogP contribution in [0.25, 0.3) is 0 Å². The van der Waals surface area contributed by atoms with Crippen LogP contribution in [-0.4, -0.2) is 38.9 Å². The molecule has 116 valence electrons. The van der Waals surface area contributed by atoms with Crippen LogP contribution in [0, 0.1) is 12.8 Å². The fourth-order valence-electron chi connectivity index (χ4n) is 2.61. The topological polar surface area (TPSA) is 63.7 Å². The lowest BCUT2D eigenvalue weighted by Crippen LogP contribution is -2.39. The molecule has 0 N–H and O–H groups in total. The van der Waals surface area contributed by atoms with Crippen LogP contribution in [0.4, 0.5) is 0 Å². The van der Waals surface area contributed by atoms with Gasteiger partial charge in [0, 0.05) is 13.1 Å². The summed E-state index contributed by atoms with van der Waals surface area (Å²) in [6.07, 6.45) is 1.92. The highest BCUT2D eigenvalue weighted by molar-refractivity contribution is 7.89. The predicted molar refractivity (Wildman–Crippen MR) is 79.7 cm³/mol. The second-order valence-corrected chi connectivity index (χ2v) is 7.52. The van der Waals surface area contributed by atoms with Crippen LogP contribution in [0.5, 0.6) is 0 Å². The molecule has 0 radical (unpaired) electrons. The second-order valence-electron chi connectivity index (χ2n) is 5.58. The third-order valence-corrected chi connectivity index (χ3v) is 5.73. The van der Waals surface area contributed by atoms with Gasteiger partial charge in [0.15, 0.2) is 0 Å². The molecule has 0 bridgehead atoms. The number of piperidine rings is 1. The molecule has 0 amide bonds. The van der Waals surface area contributed by atoms with E-state index in [1.165, 1.54) is 17.5 Å². The summed E-state index contributed by atoms with van der Waals surface area (Å²) in [7, 11) is -2.26. The van der Waals surface area contributed by atoms with E-state index >= 15 is 0 Å². The van der Waals surface area contributed by atoms with Gasteiger partial charge in [-0.05, 0) is 43.4 Å². The Morgan fingerprint density at radius 2 is 2.10 bits per heavy atom. The van der Waals surface area contributed by atoms with Crippen LogP contribution in [-0.2, 0) is 14.8 Å². The van der Waals surface area contributed by atoms with Gasteiger partial charge in [0.1, 0.15) is 0 Å². The molecule has 6 heteroatoms. The van der Waals surface area contributed by atoms with E-state index in [0.717, 1.165) is 12.8 Å². The lowest BCUT2D eigenvalue weighted by atomic mass is 10.0. The fraction of sp³-hybridized carbons (Fsp3) is 0.533. The molecule has 1 saturated heterocycles. The van der Waals surface area contributed by atoms with Crippen LogP contribution >= 0.6 is 0 Å². The minimum absolute atomic E-state index is 0.155. The lowest BCUT2D eigenvalue weighted by Gasteiger charge is -2.30. The van der Waals surface area contributed by atoms with Crippen LogP contribution in [0.15, 0.2) is 23.1 Å². The first kappa shape index (κ1) is 16.0. The summed E-state index contributed by atoms with van der Waals surface area (Å²) in [5.74, 6) is -0.157. The van der Waals surface area contributed by atoms with E-state index in [1.54, 1.807) is 19.1 Å². The minimum atomic E-state index is -3.55. The molecule has 0 aromatic heterocycles. The van der Waals surface area contributed by atoms with Crippen molar-refractivity contribution in [2.24, 2.45) is 5.92 Å². The zero-order valence-corrected chi connectivity index (χ0v) is 13.4. The summed E-state index contributed by atoms with van der Waals surface area (Å²) in [6, 6.07) is 4.61. The molecular weight excluding hydrogens is 290 g/mol. The number of carbonyl (C=O) groups is 1. The summed E-state index contributed by atoms with van der Waals surface area (Å²) in [4.78, 5) is 11.9. The highest BCUT2D eigenvalue weighted by atomic mass is 32.2. The molecule has 1 aliphatic rings. The van der Waals surface area contributed by atoms with Gasteiger partial charge in [-0.2, -0.15) is 4.31 Å². The Kier molecular flexibility index (Phi) is 4.68. The van der Waals surface area contributed by atoms with E-state index in [1.807, 2.05) is 0 Å². The number of rotatable bonds is 3. The summed E-state index contributed by atoms with van der Waals surface area (Å²) in [5.41, 5.74) is 0.997. The molecule has 0 aliphatic carbocycles. The summed E-state index contributed by atoms with van der Waals surface area (Å²) in [5, 5.41) is 0. The van der Waals surface area contributed by atoms with Crippen molar-refractivity contribution in [2.75, 3.05) is 20.2 Å². The molecule has 2 rings (SSSR count). The molecule has 0 saturated carbocycles. The van der Waals surface area contributed by atoms with Crippen LogP contribution < -0.4 is 0 Å². The van der Waals surface area contributed by atoms with E-state index in [4.69, 9.17) is 4.74 Å². The highest BCUT2D eigenvalue weighted by Gasteiger charge is 2.29. The Morgan fingerprint density at radius 1 is 1.38 bits per heavy atom. The SMILES string of the molecule is COC(=O)c1cc(S(=O)(=O)N2CCC[C@@H](C)C2)ccc1C. The van der Waals surface area contributed by atoms with Gasteiger partial charge in [-0.1, -0.05) is 13.0 Å². The number of ether oxygens (including phenoxy) is 1. The number of sulfonamides is 1. The number of benzene rings is 1. The fourth-order valence-corrected chi connectivity index (χ4v) is 4.23. The summed E-state index contributed by atoms with van der Waals surface area (Å²) < 4.78 is 31.6. The van der Waals surface area contributed by atoms with Gasteiger partial charge in [0.25, 0.3) is 0 Å². The van der Waals surface area contributed by atoms with E-state index in [2.05, 4.69) is 6.92 Å². The maximum Gasteiger partial charge on any atom is 0.338 e. The first-order chi connectivity index (χ1) is 9.86. The van der Waals surface area contributed by atoms with E-state index in [0.29, 0.717) is 30.1 Å². The van der Waals surface area contributed by atoms with Crippen LogP contribution in [0.3, 0.4) is 0 Å². The average molecular weight is 311 g/mol. The van der Waals surface area contributed by atoms with Crippen molar-refractivity contribution in [3.8, 4) is 0 Å². The van der Waals surface area contributed by atoms with Gasteiger partial charge >= 0.3 is 5.97 Å². The Hall–Kier alpha value is -1.40. The van der Waals surface area contributed by atoms with Crippen molar-refractivity contribution in [3.63, 3.8) is 0 Å². The number of aryl methyl sites for hydroxylation is 1. The normalized spacial score (nSPS) is 20.2. The largest absolute Gasteiger partial charge is 0.465 e. The zero-order valence-electron chi connectivity index (χ0n) is 12.6. The zero-order chi connectivity index (χ0) is 15.6. The Labute approximate surface area is 126 Å².